The van der Waals surface area contributed by atoms with Gasteiger partial charge >= 0.3 is 0 Å². The Labute approximate surface area is 158 Å². The highest BCUT2D eigenvalue weighted by atomic mass is 14.8. The zero-order chi connectivity index (χ0) is 17.9. The highest BCUT2D eigenvalue weighted by Gasteiger charge is 2.56. The van der Waals surface area contributed by atoms with Crippen molar-refractivity contribution in [3.05, 3.63) is 42.0 Å². The first-order valence-electron chi connectivity index (χ1n) is 10.7. The van der Waals surface area contributed by atoms with E-state index in [-0.39, 0.29) is 0 Å². The molecule has 0 aromatic carbocycles. The second kappa shape index (κ2) is 5.78. The van der Waals surface area contributed by atoms with Gasteiger partial charge < -0.3 is 0 Å². The van der Waals surface area contributed by atoms with Gasteiger partial charge in [0.2, 0.25) is 0 Å². The summed E-state index contributed by atoms with van der Waals surface area (Å²) in [6.45, 7) is 7.57. The van der Waals surface area contributed by atoms with Crippen LogP contribution in [0.25, 0.3) is 5.57 Å². The summed E-state index contributed by atoms with van der Waals surface area (Å²) in [5.41, 5.74) is 5.17. The molecular formula is C24H32N2. The maximum absolute atomic E-state index is 4.65. The van der Waals surface area contributed by atoms with Crippen molar-refractivity contribution in [3.63, 3.8) is 0 Å². The fraction of sp³-hybridized carbons (Fsp3) is 0.667. The molecule has 0 N–H and O–H groups in total. The van der Waals surface area contributed by atoms with Gasteiger partial charge in [-0.3, -0.25) is 9.97 Å². The fourth-order valence-electron chi connectivity index (χ4n) is 7.25. The molecule has 0 aliphatic heterocycles. The van der Waals surface area contributed by atoms with E-state index in [0.717, 1.165) is 29.4 Å². The lowest BCUT2D eigenvalue weighted by atomic mass is 9.47. The van der Waals surface area contributed by atoms with E-state index in [0.29, 0.717) is 10.8 Å². The van der Waals surface area contributed by atoms with Crippen LogP contribution in [0, 0.1) is 34.5 Å². The second-order valence-electron chi connectivity index (χ2n) is 10.0. The van der Waals surface area contributed by atoms with E-state index < -0.39 is 0 Å². The molecule has 1 aromatic heterocycles. The van der Waals surface area contributed by atoms with Crippen LogP contribution < -0.4 is 0 Å². The van der Waals surface area contributed by atoms with Crippen LogP contribution >= 0.6 is 0 Å². The zero-order valence-electron chi connectivity index (χ0n) is 16.5. The Balaban J connectivity index is 1.48. The Morgan fingerprint density at radius 2 is 1.81 bits per heavy atom. The van der Waals surface area contributed by atoms with Gasteiger partial charge in [0, 0.05) is 12.4 Å². The van der Waals surface area contributed by atoms with Crippen LogP contribution in [0.15, 0.2) is 36.3 Å². The Bertz CT molecular complexity index is 764. The van der Waals surface area contributed by atoms with Gasteiger partial charge in [-0.1, -0.05) is 38.5 Å². The lowest BCUT2D eigenvalue weighted by molar-refractivity contribution is -0.0138. The van der Waals surface area contributed by atoms with E-state index in [1.54, 1.807) is 11.8 Å². The van der Waals surface area contributed by atoms with E-state index in [1.807, 2.05) is 12.4 Å². The summed E-state index contributed by atoms with van der Waals surface area (Å²) in [7, 11) is 0. The summed E-state index contributed by atoms with van der Waals surface area (Å²) in [6, 6.07) is 0. The molecular weight excluding hydrogens is 316 g/mol. The predicted octanol–water partition coefficient (Wildman–Crippen LogP) is 6.07. The van der Waals surface area contributed by atoms with Gasteiger partial charge in [-0.25, -0.2) is 0 Å². The molecule has 2 saturated carbocycles. The molecule has 0 bridgehead atoms. The molecule has 2 nitrogen and oxygen atoms in total. The predicted molar refractivity (Wildman–Crippen MR) is 106 cm³/mol. The van der Waals surface area contributed by atoms with E-state index >= 15 is 0 Å². The minimum absolute atomic E-state index is 0.293. The molecule has 4 aliphatic carbocycles. The molecule has 4 aliphatic rings. The Hall–Kier alpha value is -1.44. The number of fused-ring (bicyclic) bond motifs is 5. The van der Waals surface area contributed by atoms with E-state index in [2.05, 4.69) is 42.9 Å². The van der Waals surface area contributed by atoms with Crippen molar-refractivity contribution < 1.29 is 0 Å². The highest BCUT2D eigenvalue weighted by Crippen LogP contribution is 2.66. The highest BCUT2D eigenvalue weighted by molar-refractivity contribution is 5.70. The first-order chi connectivity index (χ1) is 12.5. The van der Waals surface area contributed by atoms with Crippen molar-refractivity contribution in [2.45, 2.75) is 65.7 Å². The van der Waals surface area contributed by atoms with Gasteiger partial charge in [0.1, 0.15) is 0 Å². The van der Waals surface area contributed by atoms with E-state index in [1.165, 1.54) is 50.5 Å². The maximum atomic E-state index is 4.65. The topological polar surface area (TPSA) is 25.8 Å². The SMILES string of the molecule is C[C@H]1CC[C@@]2(C)C(=CC[C@@H]3[C@@H]2CC[C@]2(C)C(c4cnccn4)=CC[C@@H]32)C1. The maximum Gasteiger partial charge on any atom is 0.0847 e. The number of rotatable bonds is 1. The fourth-order valence-corrected chi connectivity index (χ4v) is 7.25. The summed E-state index contributed by atoms with van der Waals surface area (Å²) < 4.78 is 0. The molecule has 5 rings (SSSR count). The Kier molecular flexibility index (Phi) is 3.71. The van der Waals surface area contributed by atoms with Gasteiger partial charge in [-0.2, -0.15) is 0 Å². The number of nitrogens with zero attached hydrogens (tertiary/aromatic N) is 2. The number of hydrogen-bond acceptors (Lipinski definition) is 2. The lowest BCUT2D eigenvalue weighted by Crippen LogP contribution is -2.49. The minimum Gasteiger partial charge on any atom is -0.261 e. The molecule has 0 spiro atoms. The van der Waals surface area contributed by atoms with Crippen molar-refractivity contribution >= 4 is 5.57 Å². The van der Waals surface area contributed by atoms with Gasteiger partial charge in [0.05, 0.1) is 11.9 Å². The molecule has 1 heterocycles. The second-order valence-corrected chi connectivity index (χ2v) is 10.0. The van der Waals surface area contributed by atoms with Crippen molar-refractivity contribution in [2.24, 2.45) is 34.5 Å². The van der Waals surface area contributed by atoms with Crippen molar-refractivity contribution in [3.8, 4) is 0 Å². The van der Waals surface area contributed by atoms with E-state index in [9.17, 15) is 0 Å². The average molecular weight is 349 g/mol. The van der Waals surface area contributed by atoms with Crippen molar-refractivity contribution in [1.29, 1.82) is 0 Å². The zero-order valence-corrected chi connectivity index (χ0v) is 16.5. The normalized spacial score (nSPS) is 44.4. The van der Waals surface area contributed by atoms with Gasteiger partial charge in [0.25, 0.3) is 0 Å². The summed E-state index contributed by atoms with van der Waals surface area (Å²) in [5, 5.41) is 0. The van der Waals surface area contributed by atoms with E-state index in [4.69, 9.17) is 0 Å². The van der Waals surface area contributed by atoms with Crippen LogP contribution in [0.1, 0.15) is 71.4 Å². The monoisotopic (exact) mass is 348 g/mol. The van der Waals surface area contributed by atoms with Crippen LogP contribution in [0.4, 0.5) is 0 Å². The van der Waals surface area contributed by atoms with Crippen LogP contribution in [-0.2, 0) is 0 Å². The third-order valence-electron chi connectivity index (χ3n) is 8.77. The summed E-state index contributed by atoms with van der Waals surface area (Å²) in [4.78, 5) is 8.98. The van der Waals surface area contributed by atoms with Crippen LogP contribution in [0.5, 0.6) is 0 Å². The van der Waals surface area contributed by atoms with Crippen LogP contribution in [0.2, 0.25) is 0 Å². The summed E-state index contributed by atoms with van der Waals surface area (Å²) in [5.74, 6) is 3.41. The quantitative estimate of drug-likeness (QED) is 0.576. The molecule has 0 saturated heterocycles. The van der Waals surface area contributed by atoms with Gasteiger partial charge in [-0.15, -0.1) is 0 Å². The molecule has 26 heavy (non-hydrogen) atoms. The average Bonchev–Trinajstić information content (AvgIpc) is 3.00. The van der Waals surface area contributed by atoms with Crippen LogP contribution in [0.3, 0.4) is 0 Å². The molecule has 138 valence electrons. The lowest BCUT2D eigenvalue weighted by Gasteiger charge is -2.57. The summed E-state index contributed by atoms with van der Waals surface area (Å²) >= 11 is 0. The van der Waals surface area contributed by atoms with Crippen molar-refractivity contribution in [2.75, 3.05) is 0 Å². The standard InChI is InChI=1S/C24H32N2/c1-16-8-10-23(2)17(14-16)4-5-18-19-6-7-21(22-15-25-12-13-26-22)24(19,3)11-9-20(18)23/h4,7,12-13,15-16,18-20H,5-6,8-11,14H2,1-3H3/t16-,18-,19-,20-,23-,24-/m0/s1. The van der Waals surface area contributed by atoms with Gasteiger partial charge in [-0.05, 0) is 85.0 Å². The third-order valence-corrected chi connectivity index (χ3v) is 8.77. The van der Waals surface area contributed by atoms with Crippen molar-refractivity contribution in [1.82, 2.24) is 9.97 Å². The Morgan fingerprint density at radius 3 is 2.62 bits per heavy atom. The van der Waals surface area contributed by atoms with Crippen LogP contribution in [-0.4, -0.2) is 9.97 Å². The smallest absolute Gasteiger partial charge is 0.0847 e. The molecule has 0 unspecified atom stereocenters. The summed E-state index contributed by atoms with van der Waals surface area (Å²) in [6.07, 6.45) is 20.2. The molecule has 2 fully saturated rings. The van der Waals surface area contributed by atoms with Gasteiger partial charge in [0.15, 0.2) is 0 Å². The molecule has 2 heteroatoms. The molecule has 0 amide bonds. The Morgan fingerprint density at radius 1 is 0.962 bits per heavy atom. The minimum atomic E-state index is 0.293. The number of hydrogen-bond donors (Lipinski definition) is 0. The number of allylic oxidation sites excluding steroid dienone is 4. The third kappa shape index (κ3) is 2.23. The first kappa shape index (κ1) is 16.7. The molecule has 1 aromatic rings. The molecule has 0 radical (unpaired) electrons. The molecule has 6 atom stereocenters. The number of aromatic nitrogens is 2. The largest absolute Gasteiger partial charge is 0.261 e. The first-order valence-corrected chi connectivity index (χ1v) is 10.7.